The standard InChI is InChI=1S/C24H33N3O2.2ClH/c1-24(2,29)17-27-14-5-6-18(13-15-27)16-19-9-11-20(12-10-19)23(28)26-22-8-4-3-7-21(22)25;;/h3-4,7-12,18,29H,5-6,13-17,25H2,1-2H3,(H,26,28);2*1H. The molecule has 4 N–H and O–H groups in total. The number of nitrogens with zero attached hydrogens (tertiary/aromatic N) is 1. The van der Waals surface area contributed by atoms with Crippen LogP contribution in [0.5, 0.6) is 0 Å². The van der Waals surface area contributed by atoms with Gasteiger partial charge in [0.25, 0.3) is 5.91 Å². The van der Waals surface area contributed by atoms with Gasteiger partial charge in [0.2, 0.25) is 0 Å². The van der Waals surface area contributed by atoms with Crippen LogP contribution in [0.1, 0.15) is 49.0 Å². The molecule has 0 bridgehead atoms. The van der Waals surface area contributed by atoms with E-state index in [1.807, 2.05) is 38.1 Å². The number of likely N-dealkylation sites (tertiary alicyclic amines) is 1. The summed E-state index contributed by atoms with van der Waals surface area (Å²) in [6, 6.07) is 15.2. The molecule has 1 amide bonds. The molecule has 2 aromatic carbocycles. The van der Waals surface area contributed by atoms with Crippen molar-refractivity contribution in [2.45, 2.75) is 45.1 Å². The van der Waals surface area contributed by atoms with Crippen LogP contribution in [0.2, 0.25) is 0 Å². The number of hydrogen-bond acceptors (Lipinski definition) is 4. The predicted octanol–water partition coefficient (Wildman–Crippen LogP) is 4.78. The Balaban J connectivity index is 0.00000240. The van der Waals surface area contributed by atoms with Gasteiger partial charge >= 0.3 is 0 Å². The largest absolute Gasteiger partial charge is 0.397 e. The normalized spacial score (nSPS) is 17.1. The maximum Gasteiger partial charge on any atom is 0.255 e. The van der Waals surface area contributed by atoms with Gasteiger partial charge in [-0.3, -0.25) is 4.79 Å². The first-order chi connectivity index (χ1) is 13.8. The number of carbonyl (C=O) groups excluding carboxylic acids is 1. The number of rotatable bonds is 6. The summed E-state index contributed by atoms with van der Waals surface area (Å²) in [7, 11) is 0. The molecule has 1 fully saturated rings. The second-order valence-corrected chi connectivity index (χ2v) is 8.83. The van der Waals surface area contributed by atoms with Gasteiger partial charge in [-0.25, -0.2) is 0 Å². The Hall–Kier alpha value is -1.79. The van der Waals surface area contributed by atoms with E-state index in [0.29, 0.717) is 22.9 Å². The lowest BCUT2D eigenvalue weighted by molar-refractivity contribution is 0.0370. The first-order valence-corrected chi connectivity index (χ1v) is 10.5. The van der Waals surface area contributed by atoms with Crippen LogP contribution in [0.25, 0.3) is 0 Å². The highest BCUT2D eigenvalue weighted by molar-refractivity contribution is 6.05. The zero-order valence-corrected chi connectivity index (χ0v) is 20.0. The Labute approximate surface area is 198 Å². The first-order valence-electron chi connectivity index (χ1n) is 10.5. The summed E-state index contributed by atoms with van der Waals surface area (Å²) >= 11 is 0. The van der Waals surface area contributed by atoms with Crippen molar-refractivity contribution in [3.8, 4) is 0 Å². The molecule has 3 rings (SSSR count). The molecule has 1 aliphatic heterocycles. The molecule has 1 unspecified atom stereocenters. The highest BCUT2D eigenvalue weighted by Crippen LogP contribution is 2.23. The van der Waals surface area contributed by atoms with Crippen molar-refractivity contribution in [2.75, 3.05) is 30.7 Å². The zero-order chi connectivity index (χ0) is 20.9. The number of aliphatic hydroxyl groups is 1. The lowest BCUT2D eigenvalue weighted by atomic mass is 9.92. The molecule has 0 aromatic heterocycles. The Morgan fingerprint density at radius 2 is 1.77 bits per heavy atom. The van der Waals surface area contributed by atoms with Crippen LogP contribution in [0, 0.1) is 5.92 Å². The van der Waals surface area contributed by atoms with Gasteiger partial charge in [0, 0.05) is 12.1 Å². The van der Waals surface area contributed by atoms with E-state index in [4.69, 9.17) is 5.73 Å². The summed E-state index contributed by atoms with van der Waals surface area (Å²) in [6.45, 7) is 6.57. The van der Waals surface area contributed by atoms with Crippen molar-refractivity contribution >= 4 is 42.1 Å². The van der Waals surface area contributed by atoms with E-state index in [2.05, 4.69) is 22.3 Å². The number of nitrogens with two attached hydrogens (primary N) is 1. The molecular weight excluding hydrogens is 433 g/mol. The van der Waals surface area contributed by atoms with Gasteiger partial charge in [0.1, 0.15) is 0 Å². The van der Waals surface area contributed by atoms with Crippen molar-refractivity contribution in [1.29, 1.82) is 0 Å². The van der Waals surface area contributed by atoms with Crippen molar-refractivity contribution in [3.63, 3.8) is 0 Å². The SMILES string of the molecule is CC(C)(O)CN1CCCC(Cc2ccc(C(=O)Nc3ccccc3N)cc2)CC1.Cl.Cl. The van der Waals surface area contributed by atoms with E-state index in [-0.39, 0.29) is 30.7 Å². The minimum absolute atomic E-state index is 0. The van der Waals surface area contributed by atoms with Crippen molar-refractivity contribution in [3.05, 3.63) is 59.7 Å². The summed E-state index contributed by atoms with van der Waals surface area (Å²) in [5.74, 6) is 0.497. The van der Waals surface area contributed by atoms with Gasteiger partial charge in [-0.05, 0) is 88.4 Å². The monoisotopic (exact) mass is 467 g/mol. The molecule has 0 radical (unpaired) electrons. The van der Waals surface area contributed by atoms with E-state index in [1.165, 1.54) is 18.4 Å². The summed E-state index contributed by atoms with van der Waals surface area (Å²) in [5, 5.41) is 12.9. The second kappa shape index (κ2) is 12.3. The molecule has 0 spiro atoms. The van der Waals surface area contributed by atoms with Gasteiger partial charge in [0.15, 0.2) is 0 Å². The van der Waals surface area contributed by atoms with Gasteiger partial charge < -0.3 is 21.1 Å². The number of para-hydroxylation sites is 2. The number of benzene rings is 2. The third kappa shape index (κ3) is 8.69. The first kappa shape index (κ1) is 27.2. The summed E-state index contributed by atoms with van der Waals surface area (Å²) < 4.78 is 0. The summed E-state index contributed by atoms with van der Waals surface area (Å²) in [5.41, 5.74) is 8.35. The maximum atomic E-state index is 12.5. The van der Waals surface area contributed by atoms with Crippen molar-refractivity contribution in [1.82, 2.24) is 4.90 Å². The molecule has 172 valence electrons. The molecular formula is C24H35Cl2N3O2. The molecule has 5 nitrogen and oxygen atoms in total. The van der Waals surface area contributed by atoms with Crippen molar-refractivity contribution in [2.24, 2.45) is 5.92 Å². The van der Waals surface area contributed by atoms with Crippen LogP contribution in [-0.4, -0.2) is 41.1 Å². The van der Waals surface area contributed by atoms with Gasteiger partial charge in [-0.1, -0.05) is 24.3 Å². The predicted molar refractivity (Wildman–Crippen MR) is 134 cm³/mol. The minimum Gasteiger partial charge on any atom is -0.397 e. The number of halogens is 2. The molecule has 0 aliphatic carbocycles. The fourth-order valence-corrected chi connectivity index (χ4v) is 4.07. The van der Waals surface area contributed by atoms with Crippen LogP contribution in [0.15, 0.2) is 48.5 Å². The molecule has 1 aliphatic rings. The van der Waals surface area contributed by atoms with Crippen LogP contribution in [-0.2, 0) is 6.42 Å². The number of carbonyl (C=O) groups is 1. The second-order valence-electron chi connectivity index (χ2n) is 8.83. The molecule has 0 saturated carbocycles. The average Bonchev–Trinajstić information content (AvgIpc) is 2.88. The number of β-amino-alcohol motifs (C(OH)–C–C–N with tert-alkyl or cyclic N) is 1. The quantitative estimate of drug-likeness (QED) is 0.534. The number of anilines is 2. The van der Waals surface area contributed by atoms with Crippen LogP contribution in [0.3, 0.4) is 0 Å². The molecule has 1 saturated heterocycles. The number of nitrogen functional groups attached to an aromatic ring is 1. The molecule has 2 aromatic rings. The van der Waals surface area contributed by atoms with Gasteiger partial charge in [-0.2, -0.15) is 0 Å². The van der Waals surface area contributed by atoms with E-state index in [1.54, 1.807) is 12.1 Å². The third-order valence-electron chi connectivity index (χ3n) is 5.50. The van der Waals surface area contributed by atoms with E-state index in [9.17, 15) is 9.90 Å². The Morgan fingerprint density at radius 1 is 1.10 bits per heavy atom. The number of hydrogen-bond donors (Lipinski definition) is 3. The molecule has 1 atom stereocenters. The fraction of sp³-hybridized carbons (Fsp3) is 0.458. The Kier molecular flexibility index (Phi) is 10.8. The maximum absolute atomic E-state index is 12.5. The van der Waals surface area contributed by atoms with Crippen LogP contribution < -0.4 is 11.1 Å². The van der Waals surface area contributed by atoms with Crippen molar-refractivity contribution < 1.29 is 9.90 Å². The number of amides is 1. The average molecular weight is 468 g/mol. The lowest BCUT2D eigenvalue weighted by Crippen LogP contribution is -2.39. The minimum atomic E-state index is -0.638. The molecule has 1 heterocycles. The third-order valence-corrected chi connectivity index (χ3v) is 5.50. The van der Waals surface area contributed by atoms with Gasteiger partial charge in [-0.15, -0.1) is 24.8 Å². The molecule has 31 heavy (non-hydrogen) atoms. The van der Waals surface area contributed by atoms with E-state index in [0.717, 1.165) is 32.5 Å². The topological polar surface area (TPSA) is 78.6 Å². The van der Waals surface area contributed by atoms with Crippen LogP contribution in [0.4, 0.5) is 11.4 Å². The highest BCUT2D eigenvalue weighted by atomic mass is 35.5. The Morgan fingerprint density at radius 3 is 2.42 bits per heavy atom. The fourth-order valence-electron chi connectivity index (χ4n) is 4.07. The van der Waals surface area contributed by atoms with Gasteiger partial charge in [0.05, 0.1) is 17.0 Å². The zero-order valence-electron chi connectivity index (χ0n) is 18.3. The van der Waals surface area contributed by atoms with E-state index < -0.39 is 5.60 Å². The van der Waals surface area contributed by atoms with E-state index >= 15 is 0 Å². The Bertz CT molecular complexity index is 822. The smallest absolute Gasteiger partial charge is 0.255 e. The summed E-state index contributed by atoms with van der Waals surface area (Å²) in [4.78, 5) is 14.8. The molecule has 7 heteroatoms. The summed E-state index contributed by atoms with van der Waals surface area (Å²) in [6.07, 6.45) is 4.55. The number of nitrogens with one attached hydrogen (secondary N) is 1. The van der Waals surface area contributed by atoms with Crippen LogP contribution >= 0.6 is 24.8 Å². The highest BCUT2D eigenvalue weighted by Gasteiger charge is 2.22. The lowest BCUT2D eigenvalue weighted by Gasteiger charge is -2.27.